The Balaban J connectivity index is 2.94. The topological polar surface area (TPSA) is 81.4 Å². The number of benzene rings is 1. The summed E-state index contributed by atoms with van der Waals surface area (Å²) in [6.45, 7) is 0. The molecule has 1 rings (SSSR count). The van der Waals surface area contributed by atoms with Gasteiger partial charge in [-0.25, -0.2) is 0 Å². The maximum absolute atomic E-state index is 11.8. The molecule has 0 aliphatic rings. The van der Waals surface area contributed by atoms with E-state index < -0.39 is 18.0 Å². The van der Waals surface area contributed by atoms with E-state index in [0.717, 1.165) is 0 Å². The van der Waals surface area contributed by atoms with Crippen molar-refractivity contribution in [2.45, 2.75) is 6.23 Å². The van der Waals surface area contributed by atoms with E-state index in [-0.39, 0.29) is 15.6 Å². The van der Waals surface area contributed by atoms with Gasteiger partial charge in [-0.05, 0) is 12.1 Å². The van der Waals surface area contributed by atoms with E-state index in [1.54, 1.807) is 6.07 Å². The summed E-state index contributed by atoms with van der Waals surface area (Å²) < 4.78 is 4.69. The molecule has 7 heteroatoms. The van der Waals surface area contributed by atoms with E-state index >= 15 is 0 Å². The molecule has 0 saturated heterocycles. The number of methoxy groups -OCH3 is 1. The number of carbonyl (C=O) groups is 2. The van der Waals surface area contributed by atoms with Gasteiger partial charge in [0, 0.05) is 7.11 Å². The highest BCUT2D eigenvalue weighted by Gasteiger charge is 2.21. The molecule has 1 unspecified atom stereocenters. The zero-order chi connectivity index (χ0) is 13.0. The van der Waals surface area contributed by atoms with Crippen LogP contribution >= 0.6 is 23.2 Å². The second-order valence-electron chi connectivity index (χ2n) is 3.09. The van der Waals surface area contributed by atoms with Crippen LogP contribution in [0.25, 0.3) is 0 Å². The highest BCUT2D eigenvalue weighted by Crippen LogP contribution is 2.23. The van der Waals surface area contributed by atoms with Crippen LogP contribution in [-0.2, 0) is 9.53 Å². The van der Waals surface area contributed by atoms with E-state index in [2.05, 4.69) is 5.32 Å². The molecule has 1 aromatic carbocycles. The van der Waals surface area contributed by atoms with Gasteiger partial charge in [-0.1, -0.05) is 29.3 Å². The van der Waals surface area contributed by atoms with Gasteiger partial charge in [0.2, 0.25) is 6.23 Å². The van der Waals surface area contributed by atoms with Crippen LogP contribution in [0.3, 0.4) is 0 Å². The van der Waals surface area contributed by atoms with Gasteiger partial charge in [0.05, 0.1) is 15.6 Å². The summed E-state index contributed by atoms with van der Waals surface area (Å²) in [4.78, 5) is 22.7. The fraction of sp³-hybridized carbons (Fsp3) is 0.200. The van der Waals surface area contributed by atoms with Crippen LogP contribution < -0.4 is 11.1 Å². The quantitative estimate of drug-likeness (QED) is 0.811. The van der Waals surface area contributed by atoms with E-state index in [0.29, 0.717) is 0 Å². The molecule has 17 heavy (non-hydrogen) atoms. The highest BCUT2D eigenvalue weighted by molar-refractivity contribution is 6.39. The molecule has 0 saturated carbocycles. The van der Waals surface area contributed by atoms with Crippen molar-refractivity contribution in [2.24, 2.45) is 5.73 Å². The lowest BCUT2D eigenvalue weighted by Gasteiger charge is -2.14. The Bertz CT molecular complexity index is 431. The van der Waals surface area contributed by atoms with Crippen LogP contribution in [-0.4, -0.2) is 25.2 Å². The number of halogens is 2. The average molecular weight is 277 g/mol. The smallest absolute Gasteiger partial charge is 0.267 e. The van der Waals surface area contributed by atoms with Gasteiger partial charge in [0.1, 0.15) is 0 Å². The molecule has 5 nitrogen and oxygen atoms in total. The van der Waals surface area contributed by atoms with E-state index in [1.807, 2.05) is 0 Å². The monoisotopic (exact) mass is 276 g/mol. The summed E-state index contributed by atoms with van der Waals surface area (Å²) in [6, 6.07) is 4.62. The minimum Gasteiger partial charge on any atom is -0.366 e. The molecule has 0 aromatic heterocycles. The first-order chi connectivity index (χ1) is 7.97. The summed E-state index contributed by atoms with van der Waals surface area (Å²) in [5.41, 5.74) is 5.07. The van der Waals surface area contributed by atoms with Crippen molar-refractivity contribution in [2.75, 3.05) is 7.11 Å². The fourth-order valence-corrected chi connectivity index (χ4v) is 1.72. The van der Waals surface area contributed by atoms with E-state index in [4.69, 9.17) is 33.7 Å². The third-order valence-electron chi connectivity index (χ3n) is 1.95. The number of ether oxygens (including phenoxy) is 1. The zero-order valence-electron chi connectivity index (χ0n) is 8.87. The van der Waals surface area contributed by atoms with Gasteiger partial charge < -0.3 is 15.8 Å². The Morgan fingerprint density at radius 3 is 2.29 bits per heavy atom. The van der Waals surface area contributed by atoms with Crippen LogP contribution in [0.15, 0.2) is 18.2 Å². The lowest BCUT2D eigenvalue weighted by atomic mass is 10.2. The van der Waals surface area contributed by atoms with Gasteiger partial charge in [0.15, 0.2) is 0 Å². The summed E-state index contributed by atoms with van der Waals surface area (Å²) in [5.74, 6) is -1.45. The number of hydrogen-bond donors (Lipinski definition) is 2. The molecule has 3 N–H and O–H groups in total. The van der Waals surface area contributed by atoms with Gasteiger partial charge in [-0.15, -0.1) is 0 Å². The van der Waals surface area contributed by atoms with E-state index in [9.17, 15) is 9.59 Å². The van der Waals surface area contributed by atoms with Crippen molar-refractivity contribution < 1.29 is 14.3 Å². The normalized spacial score (nSPS) is 11.9. The Kier molecular flexibility index (Phi) is 4.74. The molecular formula is C10H10Cl2N2O3. The lowest BCUT2D eigenvalue weighted by molar-refractivity contribution is -0.128. The maximum Gasteiger partial charge on any atom is 0.267 e. The number of carbonyl (C=O) groups excluding carboxylic acids is 2. The number of amides is 2. The molecule has 1 atom stereocenters. The number of nitrogens with one attached hydrogen (secondary N) is 1. The number of rotatable bonds is 4. The second kappa shape index (κ2) is 5.86. The number of primary amides is 1. The van der Waals surface area contributed by atoms with Gasteiger partial charge >= 0.3 is 0 Å². The third kappa shape index (κ3) is 3.33. The number of nitrogens with two attached hydrogens (primary N) is 1. The maximum atomic E-state index is 11.8. The van der Waals surface area contributed by atoms with Crippen molar-refractivity contribution in [1.82, 2.24) is 5.32 Å². The summed E-state index contributed by atoms with van der Waals surface area (Å²) in [6.07, 6.45) is -1.23. The zero-order valence-corrected chi connectivity index (χ0v) is 10.4. The second-order valence-corrected chi connectivity index (χ2v) is 3.90. The molecular weight excluding hydrogens is 267 g/mol. The Hall–Kier alpha value is -1.30. The molecule has 0 aliphatic carbocycles. The van der Waals surface area contributed by atoms with Gasteiger partial charge in [0.25, 0.3) is 11.8 Å². The number of hydrogen-bond acceptors (Lipinski definition) is 3. The average Bonchev–Trinajstić information content (AvgIpc) is 2.25. The minimum atomic E-state index is -1.23. The van der Waals surface area contributed by atoms with Crippen LogP contribution in [0.4, 0.5) is 0 Å². The van der Waals surface area contributed by atoms with Crippen LogP contribution in [0.5, 0.6) is 0 Å². The molecule has 0 bridgehead atoms. The summed E-state index contributed by atoms with van der Waals surface area (Å²) in [7, 11) is 1.24. The standard InChI is InChI=1S/C10H10Cl2N2O3/c1-17-10(8(13)15)14-9(16)7-5(11)3-2-4-6(7)12/h2-4,10H,1H3,(H2,13,15)(H,14,16). The predicted octanol–water partition coefficient (Wildman–Crippen LogP) is 1.18. The fourth-order valence-electron chi connectivity index (χ4n) is 1.15. The first kappa shape index (κ1) is 13.8. The Labute approximate surface area is 108 Å². The molecule has 0 radical (unpaired) electrons. The first-order valence-corrected chi connectivity index (χ1v) is 5.30. The van der Waals surface area contributed by atoms with Crippen LogP contribution in [0, 0.1) is 0 Å². The Morgan fingerprint density at radius 2 is 1.88 bits per heavy atom. The SMILES string of the molecule is COC(NC(=O)c1c(Cl)cccc1Cl)C(N)=O. The van der Waals surface area contributed by atoms with Crippen molar-refractivity contribution in [3.8, 4) is 0 Å². The van der Waals surface area contributed by atoms with E-state index in [1.165, 1.54) is 19.2 Å². The molecule has 0 heterocycles. The van der Waals surface area contributed by atoms with Crippen LogP contribution in [0.1, 0.15) is 10.4 Å². The predicted molar refractivity (Wildman–Crippen MR) is 63.9 cm³/mol. The largest absolute Gasteiger partial charge is 0.366 e. The van der Waals surface area contributed by atoms with Crippen molar-refractivity contribution in [3.05, 3.63) is 33.8 Å². The summed E-state index contributed by atoms with van der Waals surface area (Å²) >= 11 is 11.7. The molecule has 2 amide bonds. The van der Waals surface area contributed by atoms with Crippen molar-refractivity contribution in [3.63, 3.8) is 0 Å². The summed E-state index contributed by atoms with van der Waals surface area (Å²) in [5, 5.41) is 2.61. The van der Waals surface area contributed by atoms with Crippen LogP contribution in [0.2, 0.25) is 10.0 Å². The highest BCUT2D eigenvalue weighted by atomic mass is 35.5. The van der Waals surface area contributed by atoms with Gasteiger partial charge in [-0.2, -0.15) is 0 Å². The van der Waals surface area contributed by atoms with Crippen molar-refractivity contribution >= 4 is 35.0 Å². The van der Waals surface area contributed by atoms with Crippen molar-refractivity contribution in [1.29, 1.82) is 0 Å². The molecule has 92 valence electrons. The lowest BCUT2D eigenvalue weighted by Crippen LogP contribution is -2.45. The molecule has 1 aromatic rings. The Morgan fingerprint density at radius 1 is 1.35 bits per heavy atom. The molecule has 0 aliphatic heterocycles. The minimum absolute atomic E-state index is 0.0686. The third-order valence-corrected chi connectivity index (χ3v) is 2.58. The first-order valence-electron chi connectivity index (χ1n) is 4.54. The molecule has 0 fully saturated rings. The molecule has 0 spiro atoms. The van der Waals surface area contributed by atoms with Gasteiger partial charge in [-0.3, -0.25) is 9.59 Å².